The van der Waals surface area contributed by atoms with Crippen molar-refractivity contribution in [2.75, 3.05) is 59.5 Å². The average molecular weight is 829 g/mol. The quantitative estimate of drug-likeness (QED) is 0.0647. The zero-order valence-corrected chi connectivity index (χ0v) is 29.5. The highest BCUT2D eigenvalue weighted by atomic mass is 16.8. The first-order valence-electron chi connectivity index (χ1n) is 17.5. The molecule has 0 unspecified atom stereocenters. The van der Waals surface area contributed by atoms with Crippen LogP contribution in [0.15, 0.2) is 0 Å². The lowest BCUT2D eigenvalue weighted by Crippen LogP contribution is -2.64. The van der Waals surface area contributed by atoms with Crippen molar-refractivity contribution in [1.82, 2.24) is 0 Å². The van der Waals surface area contributed by atoms with Crippen molar-refractivity contribution in [3.8, 4) is 0 Å². The molecule has 0 saturated carbocycles. The number of aliphatic hydroxyl groups is 17. The van der Waals surface area contributed by atoms with Crippen LogP contribution in [0.2, 0.25) is 0 Å². The van der Waals surface area contributed by atoms with Gasteiger partial charge in [0.1, 0.15) is 124 Å². The van der Waals surface area contributed by atoms with Gasteiger partial charge in [0, 0.05) is 0 Å². The van der Waals surface area contributed by atoms with Gasteiger partial charge in [-0.05, 0) is 0 Å². The van der Waals surface area contributed by atoms with Crippen molar-refractivity contribution in [2.24, 2.45) is 0 Å². The van der Waals surface area contributed by atoms with Crippen molar-refractivity contribution in [1.29, 1.82) is 0 Å². The van der Waals surface area contributed by atoms with Crippen molar-refractivity contribution < 1.29 is 129 Å². The van der Waals surface area contributed by atoms with Crippen LogP contribution < -0.4 is 0 Å². The van der Waals surface area contributed by atoms with Gasteiger partial charge in [-0.1, -0.05) is 0 Å². The molecule has 5 aliphatic heterocycles. The van der Waals surface area contributed by atoms with Gasteiger partial charge in [-0.25, -0.2) is 0 Å². The standard InChI is InChI=1S/C30H52O26/c31-1-10-16(38)22(44)27(6-35,52-10)49-8-29(24(46)18(40)12(3-33)54-29)48-5-14-15(37)20(42)21(43)26(51-14)56-30(25(47)19(41)13(4-34)55-30)9-50-28(7-36)23(45)17(39)11(2-32)53-28/h10-26,31-47H,1-9H2/t10-,11-,12-,13-,14-,15-,16-,17-,18-,19-,20+,21-,22+,23+,24+,25+,26-,27-,28-,29-,30+/m1/s1. The molecule has 56 heavy (non-hydrogen) atoms. The van der Waals surface area contributed by atoms with Gasteiger partial charge in [0.05, 0.1) is 33.0 Å². The van der Waals surface area contributed by atoms with E-state index in [4.69, 9.17) is 42.6 Å². The molecule has 5 fully saturated rings. The fraction of sp³-hybridized carbons (Fsp3) is 1.00. The third-order valence-corrected chi connectivity index (χ3v) is 10.7. The Labute approximate surface area is 316 Å². The van der Waals surface area contributed by atoms with Crippen molar-refractivity contribution in [3.05, 3.63) is 0 Å². The Balaban J connectivity index is 1.38. The fourth-order valence-corrected chi connectivity index (χ4v) is 7.16. The van der Waals surface area contributed by atoms with Crippen LogP contribution >= 0.6 is 0 Å². The minimum atomic E-state index is -2.74. The van der Waals surface area contributed by atoms with E-state index in [9.17, 15) is 86.8 Å². The van der Waals surface area contributed by atoms with Gasteiger partial charge in [-0.2, -0.15) is 0 Å². The minimum absolute atomic E-state index is 0.829. The summed E-state index contributed by atoms with van der Waals surface area (Å²) in [5.41, 5.74) is 0. The molecule has 0 bridgehead atoms. The Morgan fingerprint density at radius 2 is 0.732 bits per heavy atom. The van der Waals surface area contributed by atoms with E-state index in [2.05, 4.69) is 0 Å². The fourth-order valence-electron chi connectivity index (χ4n) is 7.16. The summed E-state index contributed by atoms with van der Waals surface area (Å²) in [7, 11) is 0. The number of aliphatic hydroxyl groups excluding tert-OH is 17. The molecular weight excluding hydrogens is 776 g/mol. The summed E-state index contributed by atoms with van der Waals surface area (Å²) in [6.07, 6.45) is -32.4. The highest BCUT2D eigenvalue weighted by Gasteiger charge is 2.64. The molecule has 17 N–H and O–H groups in total. The summed E-state index contributed by atoms with van der Waals surface area (Å²) in [5.74, 6) is -10.3. The second kappa shape index (κ2) is 17.9. The van der Waals surface area contributed by atoms with Crippen LogP contribution in [0.4, 0.5) is 0 Å². The maximum Gasteiger partial charge on any atom is 0.224 e. The Bertz CT molecular complexity index is 1270. The Morgan fingerprint density at radius 3 is 1.12 bits per heavy atom. The summed E-state index contributed by atoms with van der Waals surface area (Å²) >= 11 is 0. The predicted molar refractivity (Wildman–Crippen MR) is 167 cm³/mol. The molecule has 21 atom stereocenters. The van der Waals surface area contributed by atoms with E-state index in [1.54, 1.807) is 0 Å². The number of hydrogen-bond acceptors (Lipinski definition) is 26. The Hall–Kier alpha value is -1.04. The van der Waals surface area contributed by atoms with Crippen LogP contribution in [0.25, 0.3) is 0 Å². The van der Waals surface area contributed by atoms with Gasteiger partial charge in [-0.3, -0.25) is 0 Å². The third-order valence-electron chi connectivity index (χ3n) is 10.7. The first kappa shape index (κ1) is 46.0. The van der Waals surface area contributed by atoms with Crippen LogP contribution in [0, 0.1) is 0 Å². The van der Waals surface area contributed by atoms with Crippen molar-refractivity contribution >= 4 is 0 Å². The van der Waals surface area contributed by atoms with E-state index in [0.717, 1.165) is 0 Å². The van der Waals surface area contributed by atoms with E-state index in [-0.39, 0.29) is 0 Å². The van der Waals surface area contributed by atoms with Gasteiger partial charge < -0.3 is 129 Å². The lowest BCUT2D eigenvalue weighted by atomic mass is 9.98. The molecular formula is C30H52O26. The molecule has 0 aliphatic carbocycles. The average Bonchev–Trinajstić information content (AvgIpc) is 3.80. The molecule has 0 radical (unpaired) electrons. The number of ether oxygens (including phenoxy) is 9. The van der Waals surface area contributed by atoms with E-state index < -0.39 is 187 Å². The molecule has 5 saturated heterocycles. The second-order valence-corrected chi connectivity index (χ2v) is 14.2. The molecule has 0 amide bonds. The van der Waals surface area contributed by atoms with Gasteiger partial charge in [-0.15, -0.1) is 0 Å². The lowest BCUT2D eigenvalue weighted by Gasteiger charge is -2.45. The first-order chi connectivity index (χ1) is 26.4. The summed E-state index contributed by atoms with van der Waals surface area (Å²) in [5, 5.41) is 176. The lowest BCUT2D eigenvalue weighted by molar-refractivity contribution is -0.404. The second-order valence-electron chi connectivity index (χ2n) is 14.2. The van der Waals surface area contributed by atoms with Crippen LogP contribution in [0.3, 0.4) is 0 Å². The molecule has 5 rings (SSSR count). The summed E-state index contributed by atoms with van der Waals surface area (Å²) in [6.45, 7) is -9.08. The van der Waals surface area contributed by atoms with Crippen molar-refractivity contribution in [3.63, 3.8) is 0 Å². The van der Waals surface area contributed by atoms with Crippen LogP contribution in [-0.2, 0) is 42.6 Å². The van der Waals surface area contributed by atoms with Gasteiger partial charge in [0.15, 0.2) is 6.29 Å². The van der Waals surface area contributed by atoms with E-state index in [1.807, 2.05) is 0 Å². The monoisotopic (exact) mass is 828 g/mol. The van der Waals surface area contributed by atoms with Gasteiger partial charge >= 0.3 is 0 Å². The predicted octanol–water partition coefficient (Wildman–Crippen LogP) is -11.9. The van der Waals surface area contributed by atoms with E-state index in [0.29, 0.717) is 0 Å². The Morgan fingerprint density at radius 1 is 0.375 bits per heavy atom. The number of hydrogen-bond donors (Lipinski definition) is 17. The molecule has 26 nitrogen and oxygen atoms in total. The first-order valence-corrected chi connectivity index (χ1v) is 17.5. The molecule has 5 aliphatic rings. The maximum absolute atomic E-state index is 11.1. The molecule has 5 heterocycles. The molecule has 0 aromatic rings. The van der Waals surface area contributed by atoms with Crippen LogP contribution in [0.1, 0.15) is 0 Å². The Kier molecular flexibility index (Phi) is 14.7. The summed E-state index contributed by atoms with van der Waals surface area (Å²) < 4.78 is 50.0. The SMILES string of the molecule is OC[C@H]1O[C@@](CO)(OC[C@@]2(OC[C@H]3O[C@H](O[C@]4(CO[C@]5(CO)O[C@H](CO)[C@@H](O)[C@@H]5O)O[C@H](CO)[C@@H](O)[C@@H]4O)[C@H](O)[C@@H](O)[C@@H]3O)O[C@H](CO)[C@@H](O)[C@@H]2O)[C@@H](O)[C@@H]1O. The maximum atomic E-state index is 11.1. The molecule has 26 heteroatoms. The summed E-state index contributed by atoms with van der Waals surface area (Å²) in [4.78, 5) is 0. The van der Waals surface area contributed by atoms with E-state index in [1.165, 1.54) is 0 Å². The van der Waals surface area contributed by atoms with Gasteiger partial charge in [0.25, 0.3) is 0 Å². The van der Waals surface area contributed by atoms with Crippen LogP contribution in [0.5, 0.6) is 0 Å². The highest BCUT2D eigenvalue weighted by Crippen LogP contribution is 2.42. The van der Waals surface area contributed by atoms with Crippen molar-refractivity contribution in [2.45, 2.75) is 127 Å². The molecule has 0 aromatic heterocycles. The van der Waals surface area contributed by atoms with Gasteiger partial charge in [0.2, 0.25) is 23.1 Å². The smallest absolute Gasteiger partial charge is 0.224 e. The largest absolute Gasteiger partial charge is 0.394 e. The minimum Gasteiger partial charge on any atom is -0.394 e. The molecule has 0 spiro atoms. The van der Waals surface area contributed by atoms with Crippen LogP contribution in [-0.4, -0.2) is 273 Å². The topological polar surface area (TPSA) is 427 Å². The molecule has 328 valence electrons. The third kappa shape index (κ3) is 7.97. The normalized spacial score (nSPS) is 52.3. The zero-order valence-electron chi connectivity index (χ0n) is 29.5. The van der Waals surface area contributed by atoms with E-state index >= 15 is 0 Å². The summed E-state index contributed by atoms with van der Waals surface area (Å²) in [6, 6.07) is 0. The zero-order chi connectivity index (χ0) is 41.5. The molecule has 0 aromatic carbocycles. The number of rotatable bonds is 17. The highest BCUT2D eigenvalue weighted by molar-refractivity contribution is 5.03.